The lowest BCUT2D eigenvalue weighted by molar-refractivity contribution is -0.123. The molecule has 0 aliphatic carbocycles. The number of benzene rings is 3. The van der Waals surface area contributed by atoms with Crippen molar-refractivity contribution in [3.63, 3.8) is 0 Å². The lowest BCUT2D eigenvalue weighted by Crippen LogP contribution is -2.32. The largest absolute Gasteiger partial charge is 0.491 e. The van der Waals surface area contributed by atoms with Gasteiger partial charge in [-0.05, 0) is 48.6 Å². The highest BCUT2D eigenvalue weighted by atomic mass is 16.5. The van der Waals surface area contributed by atoms with Crippen LogP contribution in [0.3, 0.4) is 0 Å². The summed E-state index contributed by atoms with van der Waals surface area (Å²) >= 11 is 0. The first-order valence-electron chi connectivity index (χ1n) is 8.70. The lowest BCUT2D eigenvalue weighted by atomic mass is 10.1. The van der Waals surface area contributed by atoms with Crippen molar-refractivity contribution in [2.24, 2.45) is 0 Å². The summed E-state index contributed by atoms with van der Waals surface area (Å²) in [6, 6.07) is 19.9. The van der Waals surface area contributed by atoms with Crippen molar-refractivity contribution in [1.82, 2.24) is 5.32 Å². The molecule has 1 N–H and O–H groups in total. The van der Waals surface area contributed by atoms with Gasteiger partial charge in [0.1, 0.15) is 18.1 Å². The van der Waals surface area contributed by atoms with Gasteiger partial charge in [-0.1, -0.05) is 42.5 Å². The molecule has 0 aliphatic rings. The highest BCUT2D eigenvalue weighted by molar-refractivity contribution is 5.88. The maximum atomic E-state index is 11.9. The predicted octanol–water partition coefficient (Wildman–Crippen LogP) is 4.03. The molecule has 3 aromatic rings. The van der Waals surface area contributed by atoms with Gasteiger partial charge in [-0.25, -0.2) is 0 Å². The zero-order valence-electron chi connectivity index (χ0n) is 15.1. The van der Waals surface area contributed by atoms with E-state index in [1.807, 2.05) is 68.4 Å². The Morgan fingerprint density at radius 3 is 2.46 bits per heavy atom. The summed E-state index contributed by atoms with van der Waals surface area (Å²) in [5, 5.41) is 5.02. The number of nitrogens with one attached hydrogen (secondary N) is 1. The van der Waals surface area contributed by atoms with Gasteiger partial charge in [-0.2, -0.15) is 0 Å². The number of fused-ring (bicyclic) bond motifs is 1. The average Bonchev–Trinajstić information content (AvgIpc) is 2.63. The van der Waals surface area contributed by atoms with Gasteiger partial charge in [0.05, 0.1) is 6.54 Å². The van der Waals surface area contributed by atoms with Crippen LogP contribution in [0, 0.1) is 13.8 Å². The van der Waals surface area contributed by atoms with Gasteiger partial charge in [0, 0.05) is 5.39 Å². The molecule has 0 unspecified atom stereocenters. The minimum absolute atomic E-state index is 0.00282. The van der Waals surface area contributed by atoms with Crippen LogP contribution >= 0.6 is 0 Å². The first-order chi connectivity index (χ1) is 12.6. The Morgan fingerprint density at radius 2 is 1.65 bits per heavy atom. The highest BCUT2D eigenvalue weighted by Crippen LogP contribution is 2.24. The van der Waals surface area contributed by atoms with Crippen LogP contribution in [0.5, 0.6) is 11.5 Å². The van der Waals surface area contributed by atoms with Gasteiger partial charge in [0.25, 0.3) is 5.91 Å². The van der Waals surface area contributed by atoms with Gasteiger partial charge in [-0.15, -0.1) is 0 Å². The van der Waals surface area contributed by atoms with Crippen molar-refractivity contribution in [1.29, 1.82) is 0 Å². The summed E-state index contributed by atoms with van der Waals surface area (Å²) in [6.07, 6.45) is 0. The zero-order chi connectivity index (χ0) is 18.4. The summed E-state index contributed by atoms with van der Waals surface area (Å²) in [4.78, 5) is 11.9. The summed E-state index contributed by atoms with van der Waals surface area (Å²) in [5.41, 5.74) is 2.23. The smallest absolute Gasteiger partial charge is 0.258 e. The minimum atomic E-state index is -0.161. The van der Waals surface area contributed by atoms with Crippen molar-refractivity contribution in [3.8, 4) is 11.5 Å². The van der Waals surface area contributed by atoms with E-state index >= 15 is 0 Å². The second-order valence-electron chi connectivity index (χ2n) is 6.29. The number of carbonyl (C=O) groups is 1. The van der Waals surface area contributed by atoms with Crippen molar-refractivity contribution >= 4 is 16.7 Å². The SMILES string of the molecule is Cc1cc(C)cc(OCC(=O)NCCOc2cccc3ccccc23)c1. The predicted molar refractivity (Wildman–Crippen MR) is 104 cm³/mol. The number of aryl methyl sites for hydroxylation is 2. The first kappa shape index (κ1) is 17.8. The Bertz CT molecular complexity index is 879. The molecule has 0 radical (unpaired) electrons. The van der Waals surface area contributed by atoms with Gasteiger partial charge >= 0.3 is 0 Å². The van der Waals surface area contributed by atoms with E-state index in [0.717, 1.165) is 27.6 Å². The minimum Gasteiger partial charge on any atom is -0.491 e. The van der Waals surface area contributed by atoms with Gasteiger partial charge in [-0.3, -0.25) is 4.79 Å². The first-order valence-corrected chi connectivity index (χ1v) is 8.70. The quantitative estimate of drug-likeness (QED) is 0.655. The average molecular weight is 349 g/mol. The monoisotopic (exact) mass is 349 g/mol. The molecule has 0 saturated carbocycles. The Kier molecular flexibility index (Phi) is 5.74. The van der Waals surface area contributed by atoms with Crippen molar-refractivity contribution in [2.75, 3.05) is 19.8 Å². The normalized spacial score (nSPS) is 10.5. The standard InChI is InChI=1S/C22H23NO3/c1-16-12-17(2)14-19(13-16)26-15-22(24)23-10-11-25-21-9-5-7-18-6-3-4-8-20(18)21/h3-9,12-14H,10-11,15H2,1-2H3,(H,23,24). The van der Waals surface area contributed by atoms with Crippen LogP contribution in [0.15, 0.2) is 60.7 Å². The third kappa shape index (κ3) is 4.76. The molecule has 0 heterocycles. The van der Waals surface area contributed by atoms with Gasteiger partial charge in [0.2, 0.25) is 0 Å². The van der Waals surface area contributed by atoms with E-state index in [9.17, 15) is 4.79 Å². The van der Waals surface area contributed by atoms with E-state index in [2.05, 4.69) is 11.4 Å². The second kappa shape index (κ2) is 8.39. The molecular formula is C22H23NO3. The van der Waals surface area contributed by atoms with Crippen LogP contribution in [-0.2, 0) is 4.79 Å². The van der Waals surface area contributed by atoms with Gasteiger partial charge in [0.15, 0.2) is 6.61 Å². The summed E-state index contributed by atoms with van der Waals surface area (Å²) in [5.74, 6) is 1.37. The molecule has 0 bridgehead atoms. The van der Waals surface area contributed by atoms with Crippen molar-refractivity contribution in [2.45, 2.75) is 13.8 Å². The van der Waals surface area contributed by atoms with E-state index in [1.54, 1.807) is 0 Å². The molecule has 0 spiro atoms. The Labute approximate surface area is 153 Å². The molecular weight excluding hydrogens is 326 g/mol. The van der Waals surface area contributed by atoms with Crippen molar-refractivity contribution in [3.05, 3.63) is 71.8 Å². The van der Waals surface area contributed by atoms with E-state index in [-0.39, 0.29) is 12.5 Å². The van der Waals surface area contributed by atoms with Gasteiger partial charge < -0.3 is 14.8 Å². The van der Waals surface area contributed by atoms with Crippen LogP contribution in [0.1, 0.15) is 11.1 Å². The molecule has 0 saturated heterocycles. The number of carbonyl (C=O) groups excluding carboxylic acids is 1. The lowest BCUT2D eigenvalue weighted by Gasteiger charge is -2.11. The molecule has 0 atom stereocenters. The fraction of sp³-hybridized carbons (Fsp3) is 0.227. The molecule has 4 nitrogen and oxygen atoms in total. The molecule has 3 aromatic carbocycles. The maximum Gasteiger partial charge on any atom is 0.258 e. The molecule has 0 aliphatic heterocycles. The number of amides is 1. The molecule has 4 heteroatoms. The van der Waals surface area contributed by atoms with Crippen LogP contribution in [0.2, 0.25) is 0 Å². The maximum absolute atomic E-state index is 11.9. The Balaban J connectivity index is 1.44. The number of rotatable bonds is 7. The molecule has 134 valence electrons. The fourth-order valence-corrected chi connectivity index (χ4v) is 2.89. The van der Waals surface area contributed by atoms with E-state index in [4.69, 9.17) is 9.47 Å². The fourth-order valence-electron chi connectivity index (χ4n) is 2.89. The molecule has 26 heavy (non-hydrogen) atoms. The Morgan fingerprint density at radius 1 is 0.923 bits per heavy atom. The molecule has 0 aromatic heterocycles. The third-order valence-electron chi connectivity index (χ3n) is 4.00. The summed E-state index contributed by atoms with van der Waals surface area (Å²) in [6.45, 7) is 4.84. The third-order valence-corrected chi connectivity index (χ3v) is 4.00. The topological polar surface area (TPSA) is 47.6 Å². The number of hydrogen-bond acceptors (Lipinski definition) is 3. The molecule has 3 rings (SSSR count). The molecule has 1 amide bonds. The number of ether oxygens (including phenoxy) is 2. The summed E-state index contributed by atoms with van der Waals surface area (Å²) < 4.78 is 11.4. The van der Waals surface area contributed by atoms with Crippen LogP contribution < -0.4 is 14.8 Å². The summed E-state index contributed by atoms with van der Waals surface area (Å²) in [7, 11) is 0. The van der Waals surface area contributed by atoms with E-state index in [0.29, 0.717) is 18.9 Å². The van der Waals surface area contributed by atoms with Crippen LogP contribution in [0.4, 0.5) is 0 Å². The Hall–Kier alpha value is -3.01. The second-order valence-corrected chi connectivity index (χ2v) is 6.29. The van der Waals surface area contributed by atoms with E-state index in [1.165, 1.54) is 0 Å². The van der Waals surface area contributed by atoms with Crippen LogP contribution in [-0.4, -0.2) is 25.7 Å². The van der Waals surface area contributed by atoms with Crippen LogP contribution in [0.25, 0.3) is 10.8 Å². The molecule has 0 fully saturated rings. The number of hydrogen-bond donors (Lipinski definition) is 1. The van der Waals surface area contributed by atoms with E-state index < -0.39 is 0 Å². The highest BCUT2D eigenvalue weighted by Gasteiger charge is 2.05. The van der Waals surface area contributed by atoms with Crippen molar-refractivity contribution < 1.29 is 14.3 Å². The zero-order valence-corrected chi connectivity index (χ0v) is 15.1.